The van der Waals surface area contributed by atoms with Crippen molar-refractivity contribution >= 4 is 33.0 Å². The smallest absolute Gasteiger partial charge is 0.214 e. The largest absolute Gasteiger partial charge is 0.216 e. The Balaban J connectivity index is 3.27. The molecule has 2 nitrogen and oxygen atoms in total. The van der Waals surface area contributed by atoms with Gasteiger partial charge in [-0.05, 0) is 18.1 Å². The summed E-state index contributed by atoms with van der Waals surface area (Å²) >= 11 is 11.1. The summed E-state index contributed by atoms with van der Waals surface area (Å²) in [6, 6.07) is 2.16. The van der Waals surface area contributed by atoms with E-state index in [-0.39, 0.29) is 15.6 Å². The molecule has 0 radical (unpaired) electrons. The summed E-state index contributed by atoms with van der Waals surface area (Å²) < 4.78 is 34.4. The van der Waals surface area contributed by atoms with Crippen molar-refractivity contribution in [3.63, 3.8) is 0 Å². The van der Waals surface area contributed by atoms with Gasteiger partial charge in [0.25, 0.3) is 0 Å². The molecule has 0 atom stereocenters. The molecule has 0 fully saturated rings. The summed E-state index contributed by atoms with van der Waals surface area (Å²) in [6.07, 6.45) is 0.945. The molecule has 0 bridgehead atoms. The minimum Gasteiger partial charge on any atom is -0.216 e. The molecular weight excluding hydrogens is 262 g/mol. The number of rotatable bonds is 0. The van der Waals surface area contributed by atoms with Crippen LogP contribution in [0, 0.1) is 17.0 Å². The first-order chi connectivity index (χ1) is 6.79. The third-order valence-corrected chi connectivity index (χ3v) is 2.46. The first-order valence-electron chi connectivity index (χ1n) is 3.67. The van der Waals surface area contributed by atoms with E-state index in [1.165, 1.54) is 6.07 Å². The van der Waals surface area contributed by atoms with Crippen LogP contribution in [0.3, 0.4) is 0 Å². The average molecular weight is 267 g/mol. The van der Waals surface area contributed by atoms with Gasteiger partial charge in [0.1, 0.15) is 5.82 Å². The second kappa shape index (κ2) is 4.40. The van der Waals surface area contributed by atoms with Gasteiger partial charge in [-0.3, -0.25) is 0 Å². The summed E-state index contributed by atoms with van der Waals surface area (Å²) in [5.74, 6) is 1.56. The highest BCUT2D eigenvalue weighted by Gasteiger charge is 2.05. The van der Waals surface area contributed by atoms with Crippen LogP contribution in [-0.4, -0.2) is 14.7 Å². The van der Waals surface area contributed by atoms with Crippen molar-refractivity contribution in [3.05, 3.63) is 33.6 Å². The van der Waals surface area contributed by atoms with E-state index in [0.717, 1.165) is 12.3 Å². The molecular formula is C9H5Cl2FO2S. The van der Waals surface area contributed by atoms with Gasteiger partial charge < -0.3 is 0 Å². The fourth-order valence-corrected chi connectivity index (χ4v) is 1.49. The van der Waals surface area contributed by atoms with Gasteiger partial charge in [-0.2, -0.15) is 0 Å². The first kappa shape index (κ1) is 12.3. The van der Waals surface area contributed by atoms with Crippen molar-refractivity contribution in [3.8, 4) is 11.2 Å². The van der Waals surface area contributed by atoms with Gasteiger partial charge >= 0.3 is 0 Å². The molecule has 0 aliphatic heterocycles. The molecule has 6 heteroatoms. The lowest BCUT2D eigenvalue weighted by Gasteiger charge is -1.97. The predicted molar refractivity (Wildman–Crippen MR) is 58.1 cm³/mol. The Hall–Kier alpha value is -0.760. The summed E-state index contributed by atoms with van der Waals surface area (Å²) in [5.41, 5.74) is 0.0870. The number of sulfone groups is 1. The molecule has 0 aliphatic rings. The van der Waals surface area contributed by atoms with Crippen LogP contribution in [0.25, 0.3) is 0 Å². The molecule has 0 unspecified atom stereocenters. The van der Waals surface area contributed by atoms with Crippen LogP contribution < -0.4 is 0 Å². The topological polar surface area (TPSA) is 34.1 Å². The lowest BCUT2D eigenvalue weighted by atomic mass is 10.2. The minimum absolute atomic E-state index is 0.0870. The van der Waals surface area contributed by atoms with Crippen molar-refractivity contribution in [1.29, 1.82) is 0 Å². The summed E-state index contributed by atoms with van der Waals surface area (Å²) in [4.78, 5) is 0. The van der Waals surface area contributed by atoms with E-state index in [9.17, 15) is 12.8 Å². The second-order valence-electron chi connectivity index (χ2n) is 2.75. The maximum atomic E-state index is 13.0. The number of hydrogen-bond acceptors (Lipinski definition) is 2. The molecule has 0 aliphatic carbocycles. The van der Waals surface area contributed by atoms with Crippen LogP contribution in [0.1, 0.15) is 5.56 Å². The Labute approximate surface area is 96.9 Å². The number of halogens is 3. The summed E-state index contributed by atoms with van der Waals surface area (Å²) in [6.45, 7) is 0. The lowest BCUT2D eigenvalue weighted by molar-refractivity contribution is 0.611. The van der Waals surface area contributed by atoms with Gasteiger partial charge in [0, 0.05) is 10.8 Å². The number of benzene rings is 1. The van der Waals surface area contributed by atoms with Gasteiger partial charge in [-0.25, -0.2) is 12.8 Å². The molecule has 0 saturated carbocycles. The monoisotopic (exact) mass is 266 g/mol. The maximum Gasteiger partial charge on any atom is 0.214 e. The standard InChI is InChI=1S/C9H5Cl2FO2S/c1-15(13,14)3-2-6-4-9(12)8(11)5-7(6)10/h4-5H,1H3. The van der Waals surface area contributed by atoms with Crippen LogP contribution in [0.2, 0.25) is 10.0 Å². The zero-order chi connectivity index (χ0) is 11.6. The van der Waals surface area contributed by atoms with Crippen molar-refractivity contribution in [1.82, 2.24) is 0 Å². The maximum absolute atomic E-state index is 13.0. The van der Waals surface area contributed by atoms with E-state index >= 15 is 0 Å². The van der Waals surface area contributed by atoms with E-state index in [2.05, 4.69) is 5.92 Å². The predicted octanol–water partition coefficient (Wildman–Crippen LogP) is 2.49. The third-order valence-electron chi connectivity index (χ3n) is 1.38. The van der Waals surface area contributed by atoms with Crippen molar-refractivity contribution < 1.29 is 12.8 Å². The molecule has 0 spiro atoms. The van der Waals surface area contributed by atoms with Crippen molar-refractivity contribution in [2.24, 2.45) is 0 Å². The fourth-order valence-electron chi connectivity index (χ4n) is 0.766. The molecule has 15 heavy (non-hydrogen) atoms. The van der Waals surface area contributed by atoms with Gasteiger partial charge in [-0.15, -0.1) is 0 Å². The Kier molecular flexibility index (Phi) is 3.61. The number of hydrogen-bond donors (Lipinski definition) is 0. The zero-order valence-electron chi connectivity index (χ0n) is 7.51. The van der Waals surface area contributed by atoms with E-state index in [4.69, 9.17) is 23.2 Å². The van der Waals surface area contributed by atoms with Crippen LogP contribution in [0.4, 0.5) is 4.39 Å². The molecule has 0 saturated heterocycles. The SMILES string of the molecule is CS(=O)(=O)C#Cc1cc(F)c(Cl)cc1Cl. The highest BCUT2D eigenvalue weighted by molar-refractivity contribution is 7.95. The van der Waals surface area contributed by atoms with E-state index < -0.39 is 15.7 Å². The minimum atomic E-state index is -3.44. The van der Waals surface area contributed by atoms with Crippen LogP contribution in [0.5, 0.6) is 0 Å². The molecule has 1 aromatic carbocycles. The quantitative estimate of drug-likeness (QED) is 0.534. The Bertz CT molecular complexity index is 555. The van der Waals surface area contributed by atoms with Crippen molar-refractivity contribution in [2.75, 3.05) is 6.26 Å². The molecule has 0 N–H and O–H groups in total. The zero-order valence-corrected chi connectivity index (χ0v) is 9.84. The molecule has 0 aromatic heterocycles. The Morgan fingerprint density at radius 2 is 1.87 bits per heavy atom. The second-order valence-corrected chi connectivity index (χ2v) is 5.31. The molecule has 80 valence electrons. The Morgan fingerprint density at radius 1 is 1.27 bits per heavy atom. The Morgan fingerprint density at radius 3 is 2.40 bits per heavy atom. The van der Waals surface area contributed by atoms with Crippen LogP contribution >= 0.6 is 23.2 Å². The first-order valence-corrected chi connectivity index (χ1v) is 6.31. The molecule has 0 amide bonds. The van der Waals surface area contributed by atoms with E-state index in [0.29, 0.717) is 0 Å². The highest BCUT2D eigenvalue weighted by atomic mass is 35.5. The van der Waals surface area contributed by atoms with Crippen LogP contribution in [-0.2, 0) is 9.84 Å². The molecule has 1 aromatic rings. The van der Waals surface area contributed by atoms with Gasteiger partial charge in [-0.1, -0.05) is 23.2 Å². The average Bonchev–Trinajstić information content (AvgIpc) is 2.07. The van der Waals surface area contributed by atoms with E-state index in [1.54, 1.807) is 0 Å². The third kappa shape index (κ3) is 3.71. The van der Waals surface area contributed by atoms with Gasteiger partial charge in [0.15, 0.2) is 0 Å². The summed E-state index contributed by atoms with van der Waals surface area (Å²) in [5, 5.41) is 1.93. The van der Waals surface area contributed by atoms with Crippen LogP contribution in [0.15, 0.2) is 12.1 Å². The normalized spacial score (nSPS) is 10.7. The lowest BCUT2D eigenvalue weighted by Crippen LogP contribution is -1.90. The molecule has 1 rings (SSSR count). The fraction of sp³-hybridized carbons (Fsp3) is 0.111. The summed E-state index contributed by atoms with van der Waals surface area (Å²) in [7, 11) is -3.44. The molecule has 0 heterocycles. The highest BCUT2D eigenvalue weighted by Crippen LogP contribution is 2.23. The van der Waals surface area contributed by atoms with Gasteiger partial charge in [0.05, 0.1) is 16.3 Å². The van der Waals surface area contributed by atoms with Gasteiger partial charge in [0.2, 0.25) is 9.84 Å². The van der Waals surface area contributed by atoms with E-state index in [1.807, 2.05) is 5.25 Å². The van der Waals surface area contributed by atoms with Crippen molar-refractivity contribution in [2.45, 2.75) is 0 Å².